The van der Waals surface area contributed by atoms with Crippen LogP contribution in [0.5, 0.6) is 11.5 Å². The van der Waals surface area contributed by atoms with Gasteiger partial charge in [-0.25, -0.2) is 12.8 Å². The Kier molecular flexibility index (Phi) is 7.45. The maximum absolute atomic E-state index is 13.8. The summed E-state index contributed by atoms with van der Waals surface area (Å²) < 4.78 is 53.1. The van der Waals surface area contributed by atoms with Crippen LogP contribution in [0.25, 0.3) is 0 Å². The lowest BCUT2D eigenvalue weighted by atomic mass is 9.86. The number of fused-ring (bicyclic) bond motifs is 1. The molecule has 196 valence electrons. The van der Waals surface area contributed by atoms with Crippen molar-refractivity contribution in [1.29, 1.82) is 0 Å². The molecule has 1 heterocycles. The van der Waals surface area contributed by atoms with Crippen LogP contribution in [0.15, 0.2) is 71.6 Å². The molecule has 0 aromatic heterocycles. The molecule has 0 aliphatic carbocycles. The minimum Gasteiger partial charge on any atom is -0.497 e. The van der Waals surface area contributed by atoms with Gasteiger partial charge in [0.1, 0.15) is 17.3 Å². The summed E-state index contributed by atoms with van der Waals surface area (Å²) in [5.41, 5.74) is 1.97. The minimum atomic E-state index is -4.01. The summed E-state index contributed by atoms with van der Waals surface area (Å²) in [6, 6.07) is 17.6. The minimum absolute atomic E-state index is 0.0813. The third-order valence-electron chi connectivity index (χ3n) is 6.26. The van der Waals surface area contributed by atoms with Crippen molar-refractivity contribution in [2.45, 2.75) is 43.6 Å². The van der Waals surface area contributed by atoms with E-state index in [1.165, 1.54) is 35.7 Å². The van der Waals surface area contributed by atoms with Gasteiger partial charge in [0.2, 0.25) is 0 Å². The third-order valence-corrected chi connectivity index (χ3v) is 8.05. The molecule has 0 spiro atoms. The van der Waals surface area contributed by atoms with Gasteiger partial charge in [-0.2, -0.15) is 0 Å². The fraction of sp³-hybridized carbons (Fsp3) is 0.321. The van der Waals surface area contributed by atoms with Gasteiger partial charge in [-0.15, -0.1) is 0 Å². The SMILES string of the molecule is COc1ccc(S(=O)(=O)N2CC(C(=O)NCCc3ccc(F)cc3)Oc3ccc(C(C)(C)C)cc32)cc1. The summed E-state index contributed by atoms with van der Waals surface area (Å²) in [5.74, 6) is 0.0993. The molecule has 1 amide bonds. The summed E-state index contributed by atoms with van der Waals surface area (Å²) in [6.07, 6.45) is -0.549. The zero-order valence-electron chi connectivity index (χ0n) is 21.3. The number of amides is 1. The van der Waals surface area contributed by atoms with Crippen molar-refractivity contribution in [3.05, 3.63) is 83.7 Å². The van der Waals surface area contributed by atoms with Gasteiger partial charge in [-0.3, -0.25) is 9.10 Å². The topological polar surface area (TPSA) is 84.9 Å². The van der Waals surface area contributed by atoms with E-state index in [0.29, 0.717) is 30.2 Å². The van der Waals surface area contributed by atoms with Gasteiger partial charge in [0.15, 0.2) is 6.10 Å². The lowest BCUT2D eigenvalue weighted by Crippen LogP contribution is -2.51. The van der Waals surface area contributed by atoms with E-state index in [9.17, 15) is 17.6 Å². The first kappa shape index (κ1) is 26.5. The average Bonchev–Trinajstić information content (AvgIpc) is 2.88. The van der Waals surface area contributed by atoms with Crippen molar-refractivity contribution < 1.29 is 27.1 Å². The highest BCUT2D eigenvalue weighted by molar-refractivity contribution is 7.92. The second-order valence-corrected chi connectivity index (χ2v) is 11.8. The molecule has 3 aromatic rings. The van der Waals surface area contributed by atoms with Crippen molar-refractivity contribution in [3.63, 3.8) is 0 Å². The first-order valence-electron chi connectivity index (χ1n) is 12.0. The van der Waals surface area contributed by atoms with Crippen LogP contribution >= 0.6 is 0 Å². The number of sulfonamides is 1. The standard InChI is InChI=1S/C28H31FN2O5S/c1-28(2,3)20-7-14-25-24(17-20)31(37(33,34)23-12-10-22(35-4)11-13-23)18-26(36-25)27(32)30-16-15-19-5-8-21(29)9-6-19/h5-14,17,26H,15-16,18H2,1-4H3,(H,30,32). The number of carbonyl (C=O) groups is 1. The maximum Gasteiger partial charge on any atom is 0.264 e. The van der Waals surface area contributed by atoms with Gasteiger partial charge in [0, 0.05) is 6.54 Å². The highest BCUT2D eigenvalue weighted by atomic mass is 32.2. The smallest absolute Gasteiger partial charge is 0.264 e. The molecule has 3 aromatic carbocycles. The molecule has 9 heteroatoms. The Hall–Kier alpha value is -3.59. The van der Waals surface area contributed by atoms with Crippen LogP contribution in [0.1, 0.15) is 31.9 Å². The van der Waals surface area contributed by atoms with Crippen molar-refractivity contribution in [2.75, 3.05) is 24.5 Å². The van der Waals surface area contributed by atoms with Gasteiger partial charge in [0.25, 0.3) is 15.9 Å². The Morgan fingerprint density at radius 2 is 1.76 bits per heavy atom. The molecule has 0 saturated heterocycles. The Balaban J connectivity index is 1.61. The van der Waals surface area contributed by atoms with Gasteiger partial charge in [-0.1, -0.05) is 39.0 Å². The largest absolute Gasteiger partial charge is 0.497 e. The van der Waals surface area contributed by atoms with E-state index in [0.717, 1.165) is 11.1 Å². The van der Waals surface area contributed by atoms with E-state index < -0.39 is 22.0 Å². The lowest BCUT2D eigenvalue weighted by molar-refractivity contribution is -0.127. The van der Waals surface area contributed by atoms with Gasteiger partial charge in [-0.05, 0) is 71.5 Å². The average molecular weight is 527 g/mol. The van der Waals surface area contributed by atoms with E-state index in [-0.39, 0.29) is 22.7 Å². The van der Waals surface area contributed by atoms with Crippen LogP contribution < -0.4 is 19.1 Å². The molecule has 0 fully saturated rings. The van der Waals surface area contributed by atoms with Crippen LogP contribution in [0.4, 0.5) is 10.1 Å². The molecule has 4 rings (SSSR count). The highest BCUT2D eigenvalue weighted by Crippen LogP contribution is 2.40. The number of nitrogens with one attached hydrogen (secondary N) is 1. The number of methoxy groups -OCH3 is 1. The van der Waals surface area contributed by atoms with E-state index in [4.69, 9.17) is 9.47 Å². The summed E-state index contributed by atoms with van der Waals surface area (Å²) in [5, 5.41) is 2.81. The zero-order valence-corrected chi connectivity index (χ0v) is 22.1. The number of halogens is 1. The predicted octanol–water partition coefficient (Wildman–Crippen LogP) is 4.45. The summed E-state index contributed by atoms with van der Waals surface area (Å²) >= 11 is 0. The van der Waals surface area contributed by atoms with Crippen molar-refractivity contribution >= 4 is 21.6 Å². The third kappa shape index (κ3) is 5.88. The van der Waals surface area contributed by atoms with Gasteiger partial charge < -0.3 is 14.8 Å². The number of anilines is 1. The first-order valence-corrected chi connectivity index (χ1v) is 13.4. The van der Waals surface area contributed by atoms with Gasteiger partial charge in [0.05, 0.1) is 24.2 Å². The van der Waals surface area contributed by atoms with Crippen LogP contribution in [0.3, 0.4) is 0 Å². The van der Waals surface area contributed by atoms with E-state index in [2.05, 4.69) is 5.32 Å². The molecule has 1 atom stereocenters. The Morgan fingerprint density at radius 1 is 1.08 bits per heavy atom. The summed E-state index contributed by atoms with van der Waals surface area (Å²) in [4.78, 5) is 13.1. The predicted molar refractivity (Wildman–Crippen MR) is 140 cm³/mol. The molecule has 1 aliphatic heterocycles. The Morgan fingerprint density at radius 3 is 2.38 bits per heavy atom. The number of benzene rings is 3. The summed E-state index contributed by atoms with van der Waals surface area (Å²) in [7, 11) is -2.51. The second kappa shape index (κ2) is 10.4. The van der Waals surface area contributed by atoms with Crippen molar-refractivity contribution in [1.82, 2.24) is 5.32 Å². The van der Waals surface area contributed by atoms with Gasteiger partial charge >= 0.3 is 0 Å². The number of nitrogens with zero attached hydrogens (tertiary/aromatic N) is 1. The van der Waals surface area contributed by atoms with Crippen molar-refractivity contribution in [3.8, 4) is 11.5 Å². The Bertz CT molecular complexity index is 1370. The quantitative estimate of drug-likeness (QED) is 0.492. The zero-order chi connectivity index (χ0) is 26.8. The van der Waals surface area contributed by atoms with Crippen LogP contribution in [0.2, 0.25) is 0 Å². The number of ether oxygens (including phenoxy) is 2. The summed E-state index contributed by atoms with van der Waals surface area (Å²) in [6.45, 7) is 6.23. The van der Waals surface area contributed by atoms with Crippen LogP contribution in [-0.4, -0.2) is 40.6 Å². The molecule has 1 N–H and O–H groups in total. The first-order chi connectivity index (χ1) is 17.5. The highest BCUT2D eigenvalue weighted by Gasteiger charge is 2.38. The number of rotatable bonds is 7. The molecule has 1 unspecified atom stereocenters. The monoisotopic (exact) mass is 526 g/mol. The molecule has 37 heavy (non-hydrogen) atoms. The molecule has 1 aliphatic rings. The number of hydrogen-bond donors (Lipinski definition) is 1. The molecule has 7 nitrogen and oxygen atoms in total. The fourth-order valence-electron chi connectivity index (χ4n) is 4.05. The number of carbonyl (C=O) groups excluding carboxylic acids is 1. The van der Waals surface area contributed by atoms with E-state index in [1.807, 2.05) is 26.8 Å². The second-order valence-electron chi connectivity index (χ2n) is 9.92. The molecule has 0 bridgehead atoms. The number of hydrogen-bond acceptors (Lipinski definition) is 5. The molecular weight excluding hydrogens is 495 g/mol. The van der Waals surface area contributed by atoms with Crippen LogP contribution in [-0.2, 0) is 26.7 Å². The fourth-order valence-corrected chi connectivity index (χ4v) is 5.52. The molecule has 0 radical (unpaired) electrons. The molecular formula is C28H31FN2O5S. The normalized spacial score (nSPS) is 15.5. The van der Waals surface area contributed by atoms with Crippen molar-refractivity contribution in [2.24, 2.45) is 0 Å². The Labute approximate surface area is 217 Å². The molecule has 0 saturated carbocycles. The van der Waals surface area contributed by atoms with Crippen LogP contribution in [0, 0.1) is 5.82 Å². The lowest BCUT2D eigenvalue weighted by Gasteiger charge is -2.36. The maximum atomic E-state index is 13.8. The van der Waals surface area contributed by atoms with E-state index in [1.54, 1.807) is 36.4 Å². The van der Waals surface area contributed by atoms with E-state index >= 15 is 0 Å².